The summed E-state index contributed by atoms with van der Waals surface area (Å²) in [5.41, 5.74) is -5.32. The van der Waals surface area contributed by atoms with Gasteiger partial charge >= 0.3 is 23.9 Å². The quantitative estimate of drug-likeness (QED) is 0.338. The maximum absolute atomic E-state index is 12.4. The Morgan fingerprint density at radius 2 is 1.47 bits per heavy atom. The molecule has 0 aliphatic rings. The maximum Gasteiger partial charge on any atom is 0.441 e. The minimum atomic E-state index is -5.86. The molecule has 0 amide bonds. The molecule has 0 saturated heterocycles. The number of esters is 1. The Bertz CT molecular complexity index is 324. The first-order chi connectivity index (χ1) is 7.39. The minimum Gasteiger partial charge on any atom is -0.432 e. The SMILES string of the molecule is C=CC(OC(=O)C(=C)C)(C(F)(F)F)C(F)(F)F. The van der Waals surface area contributed by atoms with Gasteiger partial charge in [0.15, 0.2) is 0 Å². The van der Waals surface area contributed by atoms with Gasteiger partial charge in [0.25, 0.3) is 0 Å². The molecule has 0 atom stereocenters. The highest BCUT2D eigenvalue weighted by Crippen LogP contribution is 2.46. The molecule has 0 aliphatic heterocycles. The summed E-state index contributed by atoms with van der Waals surface area (Å²) in [6, 6.07) is 0. The van der Waals surface area contributed by atoms with Crippen molar-refractivity contribution in [2.24, 2.45) is 0 Å². The molecular weight excluding hydrogens is 254 g/mol. The van der Waals surface area contributed by atoms with E-state index in [2.05, 4.69) is 17.9 Å². The van der Waals surface area contributed by atoms with Gasteiger partial charge in [-0.05, 0) is 13.0 Å². The lowest BCUT2D eigenvalue weighted by Gasteiger charge is -2.33. The summed E-state index contributed by atoms with van der Waals surface area (Å²) < 4.78 is 77.9. The van der Waals surface area contributed by atoms with E-state index in [1.54, 1.807) is 0 Å². The number of alkyl halides is 6. The molecule has 8 heteroatoms. The van der Waals surface area contributed by atoms with Gasteiger partial charge in [0, 0.05) is 5.57 Å². The number of hydrogen-bond donors (Lipinski definition) is 0. The Balaban J connectivity index is 5.63. The van der Waals surface area contributed by atoms with Crippen molar-refractivity contribution in [3.05, 3.63) is 24.8 Å². The van der Waals surface area contributed by atoms with Crippen LogP contribution in [0.2, 0.25) is 0 Å². The van der Waals surface area contributed by atoms with E-state index >= 15 is 0 Å². The van der Waals surface area contributed by atoms with E-state index in [-0.39, 0.29) is 0 Å². The van der Waals surface area contributed by atoms with Crippen molar-refractivity contribution in [3.63, 3.8) is 0 Å². The van der Waals surface area contributed by atoms with E-state index in [1.165, 1.54) is 0 Å². The number of rotatable bonds is 3. The standard InChI is InChI=1S/C9H8F6O2/c1-4-7(8(10,11)12,9(13,14)15)17-6(16)5(2)3/h4H,1-2H2,3H3. The molecule has 17 heavy (non-hydrogen) atoms. The zero-order valence-corrected chi connectivity index (χ0v) is 8.58. The molecule has 0 aromatic carbocycles. The second-order valence-corrected chi connectivity index (χ2v) is 3.11. The molecule has 0 N–H and O–H groups in total. The summed E-state index contributed by atoms with van der Waals surface area (Å²) in [5.74, 6) is -1.81. The zero-order chi connectivity index (χ0) is 14.1. The Morgan fingerprint density at radius 1 is 1.12 bits per heavy atom. The van der Waals surface area contributed by atoms with E-state index < -0.39 is 35.6 Å². The van der Waals surface area contributed by atoms with Crippen molar-refractivity contribution >= 4 is 5.97 Å². The number of ether oxygens (including phenoxy) is 1. The lowest BCUT2D eigenvalue weighted by Crippen LogP contribution is -2.58. The van der Waals surface area contributed by atoms with Crippen LogP contribution in [0.1, 0.15) is 6.92 Å². The van der Waals surface area contributed by atoms with Gasteiger partial charge in [0.2, 0.25) is 0 Å². The van der Waals surface area contributed by atoms with Gasteiger partial charge in [-0.15, -0.1) is 0 Å². The largest absolute Gasteiger partial charge is 0.441 e. The van der Waals surface area contributed by atoms with Gasteiger partial charge in [-0.1, -0.05) is 13.2 Å². The predicted octanol–water partition coefficient (Wildman–Crippen LogP) is 3.16. The van der Waals surface area contributed by atoms with E-state index in [4.69, 9.17) is 0 Å². The van der Waals surface area contributed by atoms with Crippen molar-refractivity contribution in [3.8, 4) is 0 Å². The average Bonchev–Trinajstić information content (AvgIpc) is 2.09. The molecule has 0 unspecified atom stereocenters. The molecule has 2 nitrogen and oxygen atoms in total. The van der Waals surface area contributed by atoms with Crippen molar-refractivity contribution in [2.75, 3.05) is 0 Å². The van der Waals surface area contributed by atoms with E-state index in [9.17, 15) is 31.1 Å². The second kappa shape index (κ2) is 4.42. The second-order valence-electron chi connectivity index (χ2n) is 3.11. The summed E-state index contributed by atoms with van der Waals surface area (Å²) >= 11 is 0. The number of carbonyl (C=O) groups is 1. The number of hydrogen-bond acceptors (Lipinski definition) is 2. The fraction of sp³-hybridized carbons (Fsp3) is 0.444. The molecule has 0 aromatic rings. The fourth-order valence-corrected chi connectivity index (χ4v) is 0.783. The average molecular weight is 262 g/mol. The highest BCUT2D eigenvalue weighted by molar-refractivity contribution is 5.87. The van der Waals surface area contributed by atoms with Gasteiger partial charge in [-0.2, -0.15) is 26.3 Å². The van der Waals surface area contributed by atoms with Gasteiger partial charge in [0.1, 0.15) is 0 Å². The van der Waals surface area contributed by atoms with Crippen LogP contribution in [-0.2, 0) is 9.53 Å². The van der Waals surface area contributed by atoms with Crippen LogP contribution in [0.25, 0.3) is 0 Å². The van der Waals surface area contributed by atoms with Crippen LogP contribution < -0.4 is 0 Å². The molecule has 0 saturated carbocycles. The molecule has 0 rings (SSSR count). The number of carbonyl (C=O) groups excluding carboxylic acids is 1. The molecule has 98 valence electrons. The van der Waals surface area contributed by atoms with Crippen molar-refractivity contribution in [1.82, 2.24) is 0 Å². The summed E-state index contributed by atoms with van der Waals surface area (Å²) in [5, 5.41) is 0. The maximum atomic E-state index is 12.4. The van der Waals surface area contributed by atoms with Crippen LogP contribution in [-0.4, -0.2) is 23.9 Å². The van der Waals surface area contributed by atoms with Crippen LogP contribution in [0.4, 0.5) is 26.3 Å². The molecule has 0 spiro atoms. The molecule has 0 fully saturated rings. The molecule has 0 radical (unpaired) electrons. The lowest BCUT2D eigenvalue weighted by atomic mass is 10.0. The lowest BCUT2D eigenvalue weighted by molar-refractivity contribution is -0.349. The summed E-state index contributed by atoms with van der Waals surface area (Å²) in [6.45, 7) is 6.25. The van der Waals surface area contributed by atoms with E-state index in [0.717, 1.165) is 6.92 Å². The Hall–Kier alpha value is -1.47. The first-order valence-electron chi connectivity index (χ1n) is 4.05. The summed E-state index contributed by atoms with van der Waals surface area (Å²) in [4.78, 5) is 10.8. The van der Waals surface area contributed by atoms with Crippen LogP contribution >= 0.6 is 0 Å². The Kier molecular flexibility index (Phi) is 4.04. The molecular formula is C9H8F6O2. The van der Waals surface area contributed by atoms with Gasteiger partial charge in [-0.3, -0.25) is 0 Å². The molecule has 0 bridgehead atoms. The van der Waals surface area contributed by atoms with Gasteiger partial charge < -0.3 is 4.74 Å². The van der Waals surface area contributed by atoms with Crippen molar-refractivity contribution in [2.45, 2.75) is 24.9 Å². The minimum absolute atomic E-state index is 0.506. The first kappa shape index (κ1) is 15.5. The smallest absolute Gasteiger partial charge is 0.432 e. The predicted molar refractivity (Wildman–Crippen MR) is 45.9 cm³/mol. The van der Waals surface area contributed by atoms with Crippen LogP contribution in [0.3, 0.4) is 0 Å². The third-order valence-electron chi connectivity index (χ3n) is 1.73. The fourth-order valence-electron chi connectivity index (χ4n) is 0.783. The van der Waals surface area contributed by atoms with E-state index in [0.29, 0.717) is 0 Å². The van der Waals surface area contributed by atoms with E-state index in [1.807, 2.05) is 0 Å². The molecule has 0 aromatic heterocycles. The first-order valence-corrected chi connectivity index (χ1v) is 4.05. The Morgan fingerprint density at radius 3 is 1.65 bits per heavy atom. The van der Waals surface area contributed by atoms with Crippen LogP contribution in [0, 0.1) is 0 Å². The van der Waals surface area contributed by atoms with Crippen LogP contribution in [0.15, 0.2) is 24.8 Å². The number of halogens is 6. The van der Waals surface area contributed by atoms with Crippen molar-refractivity contribution in [1.29, 1.82) is 0 Å². The highest BCUT2D eigenvalue weighted by Gasteiger charge is 2.72. The van der Waals surface area contributed by atoms with Gasteiger partial charge in [0.05, 0.1) is 0 Å². The summed E-state index contributed by atoms with van der Waals surface area (Å²) in [7, 11) is 0. The van der Waals surface area contributed by atoms with Gasteiger partial charge in [-0.25, -0.2) is 4.79 Å². The molecule has 0 aliphatic carbocycles. The zero-order valence-electron chi connectivity index (χ0n) is 8.58. The van der Waals surface area contributed by atoms with Crippen molar-refractivity contribution < 1.29 is 35.9 Å². The monoisotopic (exact) mass is 262 g/mol. The third-order valence-corrected chi connectivity index (χ3v) is 1.73. The third kappa shape index (κ3) is 2.80. The topological polar surface area (TPSA) is 26.3 Å². The highest BCUT2D eigenvalue weighted by atomic mass is 19.4. The van der Waals surface area contributed by atoms with Crippen LogP contribution in [0.5, 0.6) is 0 Å². The normalized spacial score (nSPS) is 13.1. The molecule has 0 heterocycles. The summed E-state index contributed by atoms with van der Waals surface area (Å²) in [6.07, 6.45) is -12.2. The Labute approximate surface area is 92.5 Å².